The minimum atomic E-state index is -4.40. The number of aliphatic carboxylic acids is 1. The van der Waals surface area contributed by atoms with Crippen molar-refractivity contribution in [2.45, 2.75) is 12.6 Å². The Kier molecular flexibility index (Phi) is 3.55. The van der Waals surface area contributed by atoms with Gasteiger partial charge in [0, 0.05) is 10.9 Å². The van der Waals surface area contributed by atoms with Gasteiger partial charge in [-0.05, 0) is 29.8 Å². The number of rotatable bonds is 3. The van der Waals surface area contributed by atoms with E-state index in [4.69, 9.17) is 9.63 Å². The van der Waals surface area contributed by atoms with E-state index < -0.39 is 17.7 Å². The molecule has 23 heavy (non-hydrogen) atoms. The van der Waals surface area contributed by atoms with Gasteiger partial charge in [-0.25, -0.2) is 0 Å². The van der Waals surface area contributed by atoms with Crippen LogP contribution in [0.5, 0.6) is 0 Å². The summed E-state index contributed by atoms with van der Waals surface area (Å²) in [6.07, 6.45) is -4.56. The lowest BCUT2D eigenvalue weighted by Gasteiger charge is -2.06. The van der Waals surface area contributed by atoms with Gasteiger partial charge < -0.3 is 9.63 Å². The monoisotopic (exact) mass is 321 g/mol. The van der Waals surface area contributed by atoms with Crippen LogP contribution in [0.3, 0.4) is 0 Å². The molecular weight excluding hydrogens is 311 g/mol. The summed E-state index contributed by atoms with van der Waals surface area (Å²) in [5.74, 6) is -0.975. The lowest BCUT2D eigenvalue weighted by Crippen LogP contribution is -2.04. The molecule has 3 rings (SSSR count). The minimum Gasteiger partial charge on any atom is -0.481 e. The van der Waals surface area contributed by atoms with Crippen molar-refractivity contribution < 1.29 is 27.6 Å². The molecule has 1 aromatic heterocycles. The Labute approximate surface area is 128 Å². The third kappa shape index (κ3) is 3.03. The second-order valence-corrected chi connectivity index (χ2v) is 5.01. The maximum atomic E-state index is 12.6. The second kappa shape index (κ2) is 5.42. The third-order valence-electron chi connectivity index (χ3n) is 3.38. The Hall–Kier alpha value is -2.83. The molecule has 0 aliphatic carbocycles. The lowest BCUT2D eigenvalue weighted by atomic mass is 10.0. The van der Waals surface area contributed by atoms with Crippen LogP contribution in [0.25, 0.3) is 22.2 Å². The van der Waals surface area contributed by atoms with E-state index in [1.807, 2.05) is 0 Å². The molecule has 7 heteroatoms. The number of aromatic nitrogens is 1. The number of hydrogen-bond donors (Lipinski definition) is 1. The Morgan fingerprint density at radius 2 is 1.83 bits per heavy atom. The van der Waals surface area contributed by atoms with E-state index in [9.17, 15) is 18.0 Å². The molecule has 118 valence electrons. The highest BCUT2D eigenvalue weighted by molar-refractivity contribution is 5.92. The Morgan fingerprint density at radius 3 is 2.43 bits per heavy atom. The fourth-order valence-electron chi connectivity index (χ4n) is 2.30. The van der Waals surface area contributed by atoms with Gasteiger partial charge in [0.25, 0.3) is 0 Å². The highest BCUT2D eigenvalue weighted by Crippen LogP contribution is 2.33. The number of carbonyl (C=O) groups is 1. The lowest BCUT2D eigenvalue weighted by molar-refractivity contribution is -0.138. The second-order valence-electron chi connectivity index (χ2n) is 5.01. The zero-order valence-corrected chi connectivity index (χ0v) is 11.6. The molecule has 2 aromatic carbocycles. The van der Waals surface area contributed by atoms with Gasteiger partial charge in [-0.15, -0.1) is 0 Å². The van der Waals surface area contributed by atoms with E-state index >= 15 is 0 Å². The molecule has 3 aromatic rings. The van der Waals surface area contributed by atoms with Crippen molar-refractivity contribution in [3.8, 4) is 11.3 Å². The average molecular weight is 321 g/mol. The molecule has 0 aliphatic heterocycles. The van der Waals surface area contributed by atoms with Gasteiger partial charge in [-0.2, -0.15) is 13.2 Å². The molecule has 0 spiro atoms. The molecule has 0 bridgehead atoms. The smallest absolute Gasteiger partial charge is 0.416 e. The number of halogens is 3. The van der Waals surface area contributed by atoms with Crippen LogP contribution in [0.15, 0.2) is 47.0 Å². The van der Waals surface area contributed by atoms with Gasteiger partial charge in [0.05, 0.1) is 12.0 Å². The van der Waals surface area contributed by atoms with Crippen LogP contribution in [-0.2, 0) is 17.4 Å². The fraction of sp³-hybridized carbons (Fsp3) is 0.125. The maximum Gasteiger partial charge on any atom is 0.416 e. The van der Waals surface area contributed by atoms with Crippen molar-refractivity contribution >= 4 is 16.9 Å². The van der Waals surface area contributed by atoms with Crippen molar-refractivity contribution in [2.24, 2.45) is 0 Å². The van der Waals surface area contributed by atoms with Crippen molar-refractivity contribution in [1.29, 1.82) is 0 Å². The zero-order chi connectivity index (χ0) is 16.6. The number of carboxylic acid groups (broad SMARTS) is 1. The van der Waals surface area contributed by atoms with Crippen molar-refractivity contribution in [3.05, 3.63) is 53.6 Å². The molecule has 1 N–H and O–H groups in total. The van der Waals surface area contributed by atoms with Crippen LogP contribution in [0.1, 0.15) is 11.1 Å². The maximum absolute atomic E-state index is 12.6. The zero-order valence-electron chi connectivity index (χ0n) is 11.6. The summed E-state index contributed by atoms with van der Waals surface area (Å²) in [4.78, 5) is 10.8. The van der Waals surface area contributed by atoms with Crippen LogP contribution in [0.4, 0.5) is 13.2 Å². The number of carboxylic acids is 1. The predicted octanol–water partition coefficient (Wildman–Crippen LogP) is 4.14. The van der Waals surface area contributed by atoms with E-state index in [1.54, 1.807) is 18.2 Å². The molecule has 0 radical (unpaired) electrons. The third-order valence-corrected chi connectivity index (χ3v) is 3.38. The summed E-state index contributed by atoms with van der Waals surface area (Å²) in [5, 5.41) is 13.3. The molecule has 0 saturated heterocycles. The van der Waals surface area contributed by atoms with E-state index in [0.29, 0.717) is 27.8 Å². The highest BCUT2D eigenvalue weighted by atomic mass is 19.4. The van der Waals surface area contributed by atoms with Crippen molar-refractivity contribution in [3.63, 3.8) is 0 Å². The van der Waals surface area contributed by atoms with Gasteiger partial charge in [0.15, 0.2) is 5.58 Å². The number of hydrogen-bond acceptors (Lipinski definition) is 3. The number of benzene rings is 2. The fourth-order valence-corrected chi connectivity index (χ4v) is 2.30. The van der Waals surface area contributed by atoms with Gasteiger partial charge in [0.1, 0.15) is 5.69 Å². The molecule has 4 nitrogen and oxygen atoms in total. The first-order chi connectivity index (χ1) is 10.8. The SMILES string of the molecule is O=C(O)Cc1ccc2onc(-c3ccc(C(F)(F)F)cc3)c2c1. The van der Waals surface area contributed by atoms with Crippen LogP contribution in [0.2, 0.25) is 0 Å². The van der Waals surface area contributed by atoms with Crippen LogP contribution in [-0.4, -0.2) is 16.2 Å². The van der Waals surface area contributed by atoms with Crippen LogP contribution < -0.4 is 0 Å². The van der Waals surface area contributed by atoms with E-state index in [1.165, 1.54) is 12.1 Å². The van der Waals surface area contributed by atoms with Gasteiger partial charge >= 0.3 is 12.1 Å². The highest BCUT2D eigenvalue weighted by Gasteiger charge is 2.30. The Balaban J connectivity index is 2.03. The van der Waals surface area contributed by atoms with Crippen molar-refractivity contribution in [1.82, 2.24) is 5.16 Å². The van der Waals surface area contributed by atoms with Gasteiger partial charge in [0.2, 0.25) is 0 Å². The number of nitrogens with zero attached hydrogens (tertiary/aromatic N) is 1. The Morgan fingerprint density at radius 1 is 1.13 bits per heavy atom. The molecule has 0 aliphatic rings. The number of fused-ring (bicyclic) bond motifs is 1. The predicted molar refractivity (Wildman–Crippen MR) is 75.8 cm³/mol. The first kappa shape index (κ1) is 15.1. The first-order valence-electron chi connectivity index (χ1n) is 6.62. The molecular formula is C16H10F3NO3. The quantitative estimate of drug-likeness (QED) is 0.787. The van der Waals surface area contributed by atoms with Crippen molar-refractivity contribution in [2.75, 3.05) is 0 Å². The molecule has 0 unspecified atom stereocenters. The molecule has 0 amide bonds. The summed E-state index contributed by atoms with van der Waals surface area (Å²) in [5.41, 5.74) is 1.08. The topological polar surface area (TPSA) is 63.3 Å². The first-order valence-corrected chi connectivity index (χ1v) is 6.62. The Bertz CT molecular complexity index is 866. The summed E-state index contributed by atoms with van der Waals surface area (Å²) in [6.45, 7) is 0. The standard InChI is InChI=1S/C16H10F3NO3/c17-16(18,19)11-4-2-10(3-5-11)15-12-7-9(8-14(21)22)1-6-13(12)23-20-15/h1-7H,8H2,(H,21,22). The summed E-state index contributed by atoms with van der Waals surface area (Å²) >= 11 is 0. The van der Waals surface area contributed by atoms with Crippen LogP contribution >= 0.6 is 0 Å². The molecule has 0 saturated carbocycles. The van der Waals surface area contributed by atoms with E-state index in [2.05, 4.69) is 5.16 Å². The molecule has 0 fully saturated rings. The summed E-state index contributed by atoms with van der Waals surface area (Å²) in [6, 6.07) is 9.38. The normalized spacial score (nSPS) is 11.8. The average Bonchev–Trinajstić information content (AvgIpc) is 2.89. The van der Waals surface area contributed by atoms with E-state index in [-0.39, 0.29) is 6.42 Å². The summed E-state index contributed by atoms with van der Waals surface area (Å²) in [7, 11) is 0. The van der Waals surface area contributed by atoms with Crippen LogP contribution in [0, 0.1) is 0 Å². The molecule has 1 heterocycles. The largest absolute Gasteiger partial charge is 0.481 e. The summed E-state index contributed by atoms with van der Waals surface area (Å²) < 4.78 is 42.9. The molecule has 0 atom stereocenters. The van der Waals surface area contributed by atoms with E-state index in [0.717, 1.165) is 12.1 Å². The van der Waals surface area contributed by atoms with Gasteiger partial charge in [-0.1, -0.05) is 23.4 Å². The van der Waals surface area contributed by atoms with Gasteiger partial charge in [-0.3, -0.25) is 4.79 Å². The minimum absolute atomic E-state index is 0.159. The number of alkyl halides is 3.